The van der Waals surface area contributed by atoms with Gasteiger partial charge in [0.2, 0.25) is 0 Å². The van der Waals surface area contributed by atoms with Gasteiger partial charge in [0.25, 0.3) is 0 Å². The van der Waals surface area contributed by atoms with Gasteiger partial charge >= 0.3 is 11.9 Å². The highest BCUT2D eigenvalue weighted by atomic mass is 16.5. The number of esters is 2. The van der Waals surface area contributed by atoms with Crippen molar-refractivity contribution in [3.63, 3.8) is 0 Å². The van der Waals surface area contributed by atoms with Crippen LogP contribution in [0.25, 0.3) is 0 Å². The first-order valence-corrected chi connectivity index (χ1v) is 9.26. The Morgan fingerprint density at radius 3 is 1.54 bits per heavy atom. The summed E-state index contributed by atoms with van der Waals surface area (Å²) in [6, 6.07) is 6.58. The van der Waals surface area contributed by atoms with E-state index in [9.17, 15) is 9.59 Å². The zero-order valence-electron chi connectivity index (χ0n) is 16.0. The van der Waals surface area contributed by atoms with Crippen LogP contribution in [0, 0.1) is 0 Å². The monoisotopic (exact) mass is 358 g/mol. The molecule has 1 aromatic rings. The molecule has 0 unspecified atom stereocenters. The fourth-order valence-corrected chi connectivity index (χ4v) is 2.32. The predicted octanol–water partition coefficient (Wildman–Crippen LogP) is 5.49. The smallest absolute Gasteiger partial charge is 0.339 e. The summed E-state index contributed by atoms with van der Waals surface area (Å²) in [7, 11) is 0. The second kappa shape index (κ2) is 12.1. The zero-order chi connectivity index (χ0) is 19.4. The van der Waals surface area contributed by atoms with Crippen molar-refractivity contribution in [1.82, 2.24) is 0 Å². The first kappa shape index (κ1) is 21.7. The van der Waals surface area contributed by atoms with E-state index in [4.69, 9.17) is 9.47 Å². The van der Waals surface area contributed by atoms with Gasteiger partial charge in [-0.05, 0) is 50.7 Å². The molecule has 4 heteroatoms. The van der Waals surface area contributed by atoms with Crippen LogP contribution in [0.5, 0.6) is 0 Å². The Labute approximate surface area is 156 Å². The average Bonchev–Trinajstić information content (AvgIpc) is 2.67. The maximum absolute atomic E-state index is 12.3. The highest BCUT2D eigenvalue weighted by Crippen LogP contribution is 2.14. The molecule has 1 aromatic carbocycles. The van der Waals surface area contributed by atoms with E-state index in [1.807, 2.05) is 13.8 Å². The van der Waals surface area contributed by atoms with E-state index in [1.54, 1.807) is 24.3 Å². The van der Waals surface area contributed by atoms with Crippen LogP contribution in [0.15, 0.2) is 48.6 Å². The SMILES string of the molecule is C=C(CC)CCCOC(=O)c1ccccc1C(=O)OCCCC(=C)CC. The van der Waals surface area contributed by atoms with Crippen LogP contribution in [-0.2, 0) is 9.47 Å². The van der Waals surface area contributed by atoms with Crippen molar-refractivity contribution in [3.8, 4) is 0 Å². The lowest BCUT2D eigenvalue weighted by molar-refractivity contribution is 0.0453. The van der Waals surface area contributed by atoms with Crippen LogP contribution < -0.4 is 0 Å². The van der Waals surface area contributed by atoms with E-state index in [1.165, 1.54) is 0 Å². The Hall–Kier alpha value is -2.36. The summed E-state index contributed by atoms with van der Waals surface area (Å²) >= 11 is 0. The summed E-state index contributed by atoms with van der Waals surface area (Å²) in [5, 5.41) is 0. The van der Waals surface area contributed by atoms with Crippen molar-refractivity contribution in [1.29, 1.82) is 0 Å². The van der Waals surface area contributed by atoms with Crippen LogP contribution in [-0.4, -0.2) is 25.2 Å². The number of allylic oxidation sites excluding steroid dienone is 2. The van der Waals surface area contributed by atoms with Gasteiger partial charge in [-0.15, -0.1) is 0 Å². The van der Waals surface area contributed by atoms with E-state index in [0.29, 0.717) is 13.2 Å². The molecule has 0 heterocycles. The van der Waals surface area contributed by atoms with Crippen molar-refractivity contribution in [2.75, 3.05) is 13.2 Å². The quantitative estimate of drug-likeness (QED) is 0.281. The van der Waals surface area contributed by atoms with E-state index >= 15 is 0 Å². The molecule has 0 saturated heterocycles. The number of ether oxygens (including phenoxy) is 2. The maximum Gasteiger partial charge on any atom is 0.339 e. The number of rotatable bonds is 12. The predicted molar refractivity (Wildman–Crippen MR) is 104 cm³/mol. The summed E-state index contributed by atoms with van der Waals surface area (Å²) in [6.07, 6.45) is 4.97. The Morgan fingerprint density at radius 2 is 1.19 bits per heavy atom. The first-order valence-electron chi connectivity index (χ1n) is 9.26. The van der Waals surface area contributed by atoms with Crippen LogP contribution in [0.2, 0.25) is 0 Å². The molecule has 0 atom stereocenters. The third kappa shape index (κ3) is 7.68. The second-order valence-corrected chi connectivity index (χ2v) is 6.23. The van der Waals surface area contributed by atoms with E-state index in [2.05, 4.69) is 13.2 Å². The van der Waals surface area contributed by atoms with Gasteiger partial charge in [0, 0.05) is 0 Å². The molecule has 0 aliphatic heterocycles. The van der Waals surface area contributed by atoms with Crippen molar-refractivity contribution in [2.24, 2.45) is 0 Å². The molecule has 1 rings (SSSR count). The number of hydrogen-bond donors (Lipinski definition) is 0. The first-order chi connectivity index (χ1) is 12.5. The highest BCUT2D eigenvalue weighted by molar-refractivity contribution is 6.03. The summed E-state index contributed by atoms with van der Waals surface area (Å²) in [6.45, 7) is 12.6. The zero-order valence-corrected chi connectivity index (χ0v) is 16.0. The molecule has 0 N–H and O–H groups in total. The topological polar surface area (TPSA) is 52.6 Å². The normalized spacial score (nSPS) is 10.2. The van der Waals surface area contributed by atoms with Crippen molar-refractivity contribution >= 4 is 11.9 Å². The molecule has 0 radical (unpaired) electrons. The third-order valence-corrected chi connectivity index (χ3v) is 4.18. The van der Waals surface area contributed by atoms with Gasteiger partial charge < -0.3 is 9.47 Å². The molecule has 0 aromatic heterocycles. The summed E-state index contributed by atoms with van der Waals surface area (Å²) in [5.74, 6) is -1.00. The fourth-order valence-electron chi connectivity index (χ4n) is 2.32. The Balaban J connectivity index is 2.54. The average molecular weight is 358 g/mol. The molecule has 26 heavy (non-hydrogen) atoms. The van der Waals surface area contributed by atoms with E-state index in [0.717, 1.165) is 49.7 Å². The van der Waals surface area contributed by atoms with Gasteiger partial charge in [-0.2, -0.15) is 0 Å². The van der Waals surface area contributed by atoms with Crippen LogP contribution in [0.1, 0.15) is 73.1 Å². The minimum Gasteiger partial charge on any atom is -0.462 e. The molecule has 142 valence electrons. The van der Waals surface area contributed by atoms with Gasteiger partial charge in [-0.25, -0.2) is 9.59 Å². The van der Waals surface area contributed by atoms with Crippen LogP contribution in [0.4, 0.5) is 0 Å². The Morgan fingerprint density at radius 1 is 0.808 bits per heavy atom. The van der Waals surface area contributed by atoms with Crippen LogP contribution in [0.3, 0.4) is 0 Å². The van der Waals surface area contributed by atoms with Gasteiger partial charge in [-0.3, -0.25) is 0 Å². The molecule has 0 spiro atoms. The fraction of sp³-hybridized carbons (Fsp3) is 0.455. The van der Waals surface area contributed by atoms with Crippen molar-refractivity contribution in [2.45, 2.75) is 52.4 Å². The van der Waals surface area contributed by atoms with E-state index in [-0.39, 0.29) is 11.1 Å². The molecule has 0 amide bonds. The van der Waals surface area contributed by atoms with Gasteiger partial charge in [0.1, 0.15) is 0 Å². The molecule has 0 fully saturated rings. The molecule has 0 saturated carbocycles. The molecule has 0 aliphatic rings. The third-order valence-electron chi connectivity index (χ3n) is 4.18. The minimum absolute atomic E-state index is 0.241. The number of hydrogen-bond acceptors (Lipinski definition) is 4. The Bertz CT molecular complexity index is 576. The lowest BCUT2D eigenvalue weighted by Gasteiger charge is -2.10. The van der Waals surface area contributed by atoms with Gasteiger partial charge in [0.15, 0.2) is 0 Å². The summed E-state index contributed by atoms with van der Waals surface area (Å²) < 4.78 is 10.6. The number of benzene rings is 1. The Kier molecular flexibility index (Phi) is 10.1. The summed E-state index contributed by atoms with van der Waals surface area (Å²) in [4.78, 5) is 24.6. The standard InChI is InChI=1S/C22H30O4/c1-5-17(3)11-9-15-25-21(23)19-13-7-8-14-20(19)22(24)26-16-10-12-18(4)6-2/h7-8,13-14H,3-6,9-12,15-16H2,1-2H3. The highest BCUT2D eigenvalue weighted by Gasteiger charge is 2.18. The van der Waals surface area contributed by atoms with Crippen molar-refractivity contribution in [3.05, 3.63) is 59.7 Å². The van der Waals surface area contributed by atoms with E-state index < -0.39 is 11.9 Å². The minimum atomic E-state index is -0.501. The molecule has 4 nitrogen and oxygen atoms in total. The number of carbonyl (C=O) groups excluding carboxylic acids is 2. The lowest BCUT2D eigenvalue weighted by Crippen LogP contribution is -2.15. The van der Waals surface area contributed by atoms with Crippen LogP contribution >= 0.6 is 0 Å². The second-order valence-electron chi connectivity index (χ2n) is 6.23. The summed E-state index contributed by atoms with van der Waals surface area (Å²) in [5.41, 5.74) is 2.75. The molecular formula is C22H30O4. The maximum atomic E-state index is 12.3. The molecule has 0 bridgehead atoms. The molecular weight excluding hydrogens is 328 g/mol. The number of carbonyl (C=O) groups is 2. The van der Waals surface area contributed by atoms with Gasteiger partial charge in [0.05, 0.1) is 24.3 Å². The van der Waals surface area contributed by atoms with Crippen molar-refractivity contribution < 1.29 is 19.1 Å². The van der Waals surface area contributed by atoms with Gasteiger partial charge in [-0.1, -0.05) is 50.3 Å². The lowest BCUT2D eigenvalue weighted by atomic mass is 10.1. The largest absolute Gasteiger partial charge is 0.462 e. The molecule has 0 aliphatic carbocycles.